The highest BCUT2D eigenvalue weighted by Crippen LogP contribution is 2.48. The van der Waals surface area contributed by atoms with Gasteiger partial charge < -0.3 is 9.13 Å². The van der Waals surface area contributed by atoms with Gasteiger partial charge in [0.1, 0.15) is 0 Å². The summed E-state index contributed by atoms with van der Waals surface area (Å²) in [6, 6.07) is 41.9. The number of fused-ring (bicyclic) bond motifs is 6. The highest BCUT2D eigenvalue weighted by molar-refractivity contribution is 6.13. The Morgan fingerprint density at radius 2 is 0.926 bits per heavy atom. The second-order valence-electron chi connectivity index (χ2n) is 15.8. The molecule has 322 valence electrons. The lowest BCUT2D eigenvalue weighted by molar-refractivity contribution is -0.142. The summed E-state index contributed by atoms with van der Waals surface area (Å²) in [7, 11) is 0. The molecule has 0 unspecified atom stereocenters. The Bertz CT molecular complexity index is 3960. The third kappa shape index (κ3) is 6.98. The Balaban J connectivity index is 1.37. The number of halogens is 6. The van der Waals surface area contributed by atoms with E-state index in [4.69, 9.17) is 26.3 Å². The standard InChI is InChI=1S/C55H25F6N7/c1-63-37-20-31(30-62)19-34(21-37)32-13-16-43-41-9-5-7-11-48(41)67(50(43)24-32)52-28-45(40-18-15-36(54(56,57)58)26-46(40)55(59,60)61)47(66-4)29-53(52)68-49-12-8-6-10-42(49)44-17-14-33(25-51(44)68)35-22-38(64-2)27-39(23-35)65-3/h5-29H. The van der Waals surface area contributed by atoms with Crippen LogP contribution in [-0.4, -0.2) is 9.13 Å². The van der Waals surface area contributed by atoms with E-state index in [0.717, 1.165) is 27.6 Å². The zero-order valence-electron chi connectivity index (χ0n) is 34.8. The van der Waals surface area contributed by atoms with Crippen LogP contribution in [0.3, 0.4) is 0 Å². The van der Waals surface area contributed by atoms with Crippen molar-refractivity contribution in [2.75, 3.05) is 0 Å². The van der Waals surface area contributed by atoms with Crippen LogP contribution in [0.25, 0.3) is 108 Å². The van der Waals surface area contributed by atoms with Gasteiger partial charge >= 0.3 is 12.4 Å². The van der Waals surface area contributed by atoms with Crippen molar-refractivity contribution in [1.82, 2.24) is 9.13 Å². The maximum Gasteiger partial charge on any atom is 0.416 e. The fourth-order valence-corrected chi connectivity index (χ4v) is 9.04. The number of rotatable bonds is 5. The first kappa shape index (κ1) is 42.3. The second kappa shape index (κ2) is 15.8. The SMILES string of the molecule is [C-]#[N+]c1cc(C#N)cc(-c2ccc3c4ccccc4n(-c4cc(-c5ccc(C(F)(F)F)cc5C(F)(F)F)c([N+]#[C-])cc4-n4c5ccccc5c5ccc(-c6cc([N+]#[C-])cc([N+]#[C-])c6)cc54)c3c2)c1. The zero-order chi connectivity index (χ0) is 47.6. The summed E-state index contributed by atoms with van der Waals surface area (Å²) in [4.78, 5) is 14.4. The molecule has 0 aliphatic heterocycles. The van der Waals surface area contributed by atoms with Gasteiger partial charge in [-0.3, -0.25) is 0 Å². The molecule has 0 atom stereocenters. The lowest BCUT2D eigenvalue weighted by Gasteiger charge is -2.22. The third-order valence-corrected chi connectivity index (χ3v) is 12.0. The number of aromatic nitrogens is 2. The molecule has 0 bridgehead atoms. The van der Waals surface area contributed by atoms with Crippen molar-refractivity contribution in [3.8, 4) is 50.8 Å². The Morgan fingerprint density at radius 1 is 0.426 bits per heavy atom. The third-order valence-electron chi connectivity index (χ3n) is 12.0. The maximum atomic E-state index is 15.0. The molecule has 0 amide bonds. The highest BCUT2D eigenvalue weighted by atomic mass is 19.4. The number of nitriles is 1. The van der Waals surface area contributed by atoms with Crippen molar-refractivity contribution >= 4 is 66.4 Å². The molecule has 0 spiro atoms. The van der Waals surface area contributed by atoms with E-state index < -0.39 is 29.0 Å². The molecular weight excluding hydrogens is 873 g/mol. The molecule has 68 heavy (non-hydrogen) atoms. The first-order chi connectivity index (χ1) is 32.7. The Kier molecular flexibility index (Phi) is 9.85. The van der Waals surface area contributed by atoms with Gasteiger partial charge in [-0.05, 0) is 100 Å². The maximum absolute atomic E-state index is 15.0. The lowest BCUT2D eigenvalue weighted by Crippen LogP contribution is -2.12. The number of hydrogen-bond acceptors (Lipinski definition) is 1. The number of benzene rings is 8. The minimum Gasteiger partial charge on any atom is -0.308 e. The summed E-state index contributed by atoms with van der Waals surface area (Å²) in [5.41, 5.74) is 2.10. The monoisotopic (exact) mass is 897 g/mol. The molecule has 0 saturated heterocycles. The molecule has 8 aromatic carbocycles. The molecule has 0 aliphatic carbocycles. The molecule has 0 radical (unpaired) electrons. The van der Waals surface area contributed by atoms with E-state index in [0.29, 0.717) is 56.1 Å². The van der Waals surface area contributed by atoms with Crippen molar-refractivity contribution < 1.29 is 26.3 Å². The van der Waals surface area contributed by atoms with Crippen LogP contribution >= 0.6 is 0 Å². The molecule has 0 saturated carbocycles. The van der Waals surface area contributed by atoms with Crippen LogP contribution in [0, 0.1) is 37.6 Å². The molecule has 10 aromatic rings. The molecule has 2 heterocycles. The van der Waals surface area contributed by atoms with Gasteiger partial charge in [-0.15, -0.1) is 0 Å². The van der Waals surface area contributed by atoms with Gasteiger partial charge in [0.2, 0.25) is 0 Å². The minimum absolute atomic E-state index is 0.0626. The molecule has 0 N–H and O–H groups in total. The van der Waals surface area contributed by atoms with Gasteiger partial charge in [0, 0.05) is 27.1 Å². The molecule has 10 rings (SSSR count). The van der Waals surface area contributed by atoms with Crippen LogP contribution in [0.15, 0.2) is 152 Å². The molecule has 13 heteroatoms. The van der Waals surface area contributed by atoms with Crippen molar-refractivity contribution in [2.45, 2.75) is 12.4 Å². The largest absolute Gasteiger partial charge is 0.416 e. The van der Waals surface area contributed by atoms with E-state index in [-0.39, 0.29) is 45.6 Å². The molecular formula is C55H25F6N7. The van der Waals surface area contributed by atoms with Crippen LogP contribution in [0.2, 0.25) is 0 Å². The van der Waals surface area contributed by atoms with Gasteiger partial charge in [0.05, 0.1) is 76.9 Å². The quantitative estimate of drug-likeness (QED) is 0.125. The van der Waals surface area contributed by atoms with Gasteiger partial charge in [0.25, 0.3) is 0 Å². The van der Waals surface area contributed by atoms with Gasteiger partial charge in [-0.1, -0.05) is 84.9 Å². The summed E-state index contributed by atoms with van der Waals surface area (Å²) in [5.74, 6) is 0. The van der Waals surface area contributed by atoms with E-state index in [9.17, 15) is 18.4 Å². The summed E-state index contributed by atoms with van der Waals surface area (Å²) >= 11 is 0. The number of para-hydroxylation sites is 2. The normalized spacial score (nSPS) is 11.6. The molecule has 7 nitrogen and oxygen atoms in total. The predicted octanol–water partition coefficient (Wildman–Crippen LogP) is 17.0. The predicted molar refractivity (Wildman–Crippen MR) is 251 cm³/mol. The van der Waals surface area contributed by atoms with Crippen LogP contribution in [0.1, 0.15) is 16.7 Å². The Morgan fingerprint density at radius 3 is 1.43 bits per heavy atom. The van der Waals surface area contributed by atoms with Crippen LogP contribution in [-0.2, 0) is 12.4 Å². The smallest absolute Gasteiger partial charge is 0.308 e. The summed E-state index contributed by atoms with van der Waals surface area (Å²) in [6.07, 6.45) is -10.4. The highest BCUT2D eigenvalue weighted by Gasteiger charge is 2.39. The molecule has 0 aliphatic rings. The topological polar surface area (TPSA) is 51.1 Å². The summed E-state index contributed by atoms with van der Waals surface area (Å²) in [6.45, 7) is 31.5. The Labute approximate surface area is 383 Å². The number of nitrogens with zero attached hydrogens (tertiary/aromatic N) is 7. The lowest BCUT2D eigenvalue weighted by atomic mass is 9.94. The fraction of sp³-hybridized carbons (Fsp3) is 0.0364. The van der Waals surface area contributed by atoms with Gasteiger partial charge in [-0.2, -0.15) is 31.6 Å². The van der Waals surface area contributed by atoms with Crippen molar-refractivity contribution in [3.63, 3.8) is 0 Å². The number of hydrogen-bond donors (Lipinski definition) is 0. The van der Waals surface area contributed by atoms with Gasteiger partial charge in [-0.25, -0.2) is 19.4 Å². The molecule has 2 aromatic heterocycles. The molecule has 0 fully saturated rings. The van der Waals surface area contributed by atoms with E-state index in [2.05, 4.69) is 25.4 Å². The van der Waals surface area contributed by atoms with Crippen molar-refractivity contribution in [1.29, 1.82) is 5.26 Å². The minimum atomic E-state index is -5.26. The van der Waals surface area contributed by atoms with Crippen LogP contribution in [0.4, 0.5) is 49.1 Å². The first-order valence-corrected chi connectivity index (χ1v) is 20.5. The Hall–Kier alpha value is -9.61. The van der Waals surface area contributed by atoms with E-state index in [1.54, 1.807) is 30.3 Å². The summed E-state index contributed by atoms with van der Waals surface area (Å²) in [5, 5.41) is 12.9. The average molecular weight is 898 g/mol. The van der Waals surface area contributed by atoms with Crippen molar-refractivity contribution in [3.05, 3.63) is 214 Å². The van der Waals surface area contributed by atoms with E-state index in [1.165, 1.54) is 24.3 Å². The summed E-state index contributed by atoms with van der Waals surface area (Å²) < 4.78 is 90.9. The van der Waals surface area contributed by atoms with E-state index in [1.807, 2.05) is 88.0 Å². The zero-order valence-corrected chi connectivity index (χ0v) is 34.8. The second-order valence-corrected chi connectivity index (χ2v) is 15.8. The number of alkyl halides is 6. The first-order valence-electron chi connectivity index (χ1n) is 20.5. The van der Waals surface area contributed by atoms with Crippen LogP contribution in [0.5, 0.6) is 0 Å². The van der Waals surface area contributed by atoms with Gasteiger partial charge in [0.15, 0.2) is 22.7 Å². The fourth-order valence-electron chi connectivity index (χ4n) is 9.04. The van der Waals surface area contributed by atoms with Crippen LogP contribution < -0.4 is 0 Å². The van der Waals surface area contributed by atoms with E-state index >= 15 is 13.2 Å². The average Bonchev–Trinajstić information content (AvgIpc) is 3.86. The van der Waals surface area contributed by atoms with Crippen molar-refractivity contribution in [2.24, 2.45) is 0 Å².